The van der Waals surface area contributed by atoms with Crippen LogP contribution in [0.4, 0.5) is 0 Å². The summed E-state index contributed by atoms with van der Waals surface area (Å²) in [5.41, 5.74) is 0.336. The SMILES string of the molecule is Cc1csc(C2CCCN2C(=O)c2cccn(CC(=O)O)c2=O)n1. The van der Waals surface area contributed by atoms with Gasteiger partial charge in [-0.15, -0.1) is 11.3 Å². The number of carboxylic acid groups (broad SMARTS) is 1. The number of pyridine rings is 1. The van der Waals surface area contributed by atoms with E-state index in [1.165, 1.54) is 29.7 Å². The van der Waals surface area contributed by atoms with Crippen LogP contribution in [-0.2, 0) is 11.3 Å². The second kappa shape index (κ2) is 6.56. The van der Waals surface area contributed by atoms with Crippen molar-refractivity contribution in [2.24, 2.45) is 0 Å². The molecular formula is C16H17N3O4S. The minimum atomic E-state index is -1.13. The Balaban J connectivity index is 1.91. The quantitative estimate of drug-likeness (QED) is 0.908. The molecule has 1 atom stereocenters. The number of hydrogen-bond donors (Lipinski definition) is 1. The third kappa shape index (κ3) is 3.09. The number of rotatable bonds is 4. The van der Waals surface area contributed by atoms with E-state index in [2.05, 4.69) is 4.98 Å². The van der Waals surface area contributed by atoms with Crippen molar-refractivity contribution in [3.63, 3.8) is 0 Å². The van der Waals surface area contributed by atoms with Gasteiger partial charge < -0.3 is 14.6 Å². The maximum absolute atomic E-state index is 12.8. The number of amides is 1. The molecule has 2 aromatic rings. The lowest BCUT2D eigenvalue weighted by molar-refractivity contribution is -0.137. The second-order valence-electron chi connectivity index (χ2n) is 5.73. The van der Waals surface area contributed by atoms with E-state index in [0.717, 1.165) is 28.1 Å². The van der Waals surface area contributed by atoms with Crippen molar-refractivity contribution in [1.29, 1.82) is 0 Å². The highest BCUT2D eigenvalue weighted by molar-refractivity contribution is 7.09. The molecule has 1 unspecified atom stereocenters. The molecule has 0 radical (unpaired) electrons. The largest absolute Gasteiger partial charge is 0.480 e. The highest BCUT2D eigenvalue weighted by atomic mass is 32.1. The summed E-state index contributed by atoms with van der Waals surface area (Å²) >= 11 is 1.51. The Hall–Kier alpha value is -2.48. The fourth-order valence-corrected chi connectivity index (χ4v) is 3.86. The Kier molecular flexibility index (Phi) is 4.48. The predicted octanol–water partition coefficient (Wildman–Crippen LogP) is 1.68. The number of carbonyl (C=O) groups is 2. The van der Waals surface area contributed by atoms with Gasteiger partial charge in [0.25, 0.3) is 11.5 Å². The van der Waals surface area contributed by atoms with Crippen LogP contribution in [0, 0.1) is 6.92 Å². The van der Waals surface area contributed by atoms with E-state index < -0.39 is 18.1 Å². The van der Waals surface area contributed by atoms with Gasteiger partial charge in [0.15, 0.2) is 0 Å². The number of aryl methyl sites for hydroxylation is 1. The number of carboxylic acids is 1. The van der Waals surface area contributed by atoms with Gasteiger partial charge in [-0.2, -0.15) is 0 Å². The number of carbonyl (C=O) groups excluding carboxylic acids is 1. The minimum Gasteiger partial charge on any atom is -0.480 e. The molecule has 0 spiro atoms. The van der Waals surface area contributed by atoms with Crippen molar-refractivity contribution >= 4 is 23.2 Å². The van der Waals surface area contributed by atoms with Gasteiger partial charge in [-0.1, -0.05) is 0 Å². The fourth-order valence-electron chi connectivity index (χ4n) is 2.92. The van der Waals surface area contributed by atoms with Gasteiger partial charge >= 0.3 is 5.97 Å². The van der Waals surface area contributed by atoms with Gasteiger partial charge in [-0.3, -0.25) is 14.4 Å². The molecule has 1 saturated heterocycles. The molecule has 1 fully saturated rings. The van der Waals surface area contributed by atoms with Gasteiger partial charge in [0.2, 0.25) is 0 Å². The Bertz CT molecular complexity index is 842. The highest BCUT2D eigenvalue weighted by Gasteiger charge is 2.33. The van der Waals surface area contributed by atoms with Crippen LogP contribution in [0.2, 0.25) is 0 Å². The molecule has 1 aliphatic heterocycles. The molecule has 1 aliphatic rings. The normalized spacial score (nSPS) is 17.2. The number of aromatic nitrogens is 2. The molecule has 7 nitrogen and oxygen atoms in total. The van der Waals surface area contributed by atoms with Crippen LogP contribution >= 0.6 is 11.3 Å². The van der Waals surface area contributed by atoms with Crippen molar-refractivity contribution < 1.29 is 14.7 Å². The number of hydrogen-bond acceptors (Lipinski definition) is 5. The lowest BCUT2D eigenvalue weighted by Crippen LogP contribution is -2.36. The number of likely N-dealkylation sites (tertiary alicyclic amines) is 1. The third-order valence-electron chi connectivity index (χ3n) is 3.99. The van der Waals surface area contributed by atoms with Crippen LogP contribution in [0.5, 0.6) is 0 Å². The third-order valence-corrected chi connectivity index (χ3v) is 5.06. The van der Waals surface area contributed by atoms with Crippen LogP contribution in [0.25, 0.3) is 0 Å². The minimum absolute atomic E-state index is 0.000993. The lowest BCUT2D eigenvalue weighted by Gasteiger charge is -2.23. The molecule has 8 heteroatoms. The summed E-state index contributed by atoms with van der Waals surface area (Å²) in [5, 5.41) is 11.7. The molecule has 24 heavy (non-hydrogen) atoms. The highest BCUT2D eigenvalue weighted by Crippen LogP contribution is 2.34. The average molecular weight is 347 g/mol. The average Bonchev–Trinajstić information content (AvgIpc) is 3.16. The topological polar surface area (TPSA) is 92.5 Å². The lowest BCUT2D eigenvalue weighted by atomic mass is 10.2. The Morgan fingerprint density at radius 3 is 2.92 bits per heavy atom. The molecule has 0 aliphatic carbocycles. The molecule has 0 aromatic carbocycles. The standard InChI is InChI=1S/C16H17N3O4S/c1-10-9-24-14(17-10)12-5-3-7-19(12)16(23)11-4-2-6-18(15(11)22)8-13(20)21/h2,4,6,9,12H,3,5,7-8H2,1H3,(H,20,21). The van der Waals surface area contributed by atoms with Crippen molar-refractivity contribution in [3.05, 3.63) is 50.3 Å². The van der Waals surface area contributed by atoms with Crippen molar-refractivity contribution in [3.8, 4) is 0 Å². The van der Waals surface area contributed by atoms with E-state index in [-0.39, 0.29) is 17.5 Å². The molecule has 0 saturated carbocycles. The molecule has 126 valence electrons. The van der Waals surface area contributed by atoms with Gasteiger partial charge in [0.1, 0.15) is 17.1 Å². The zero-order chi connectivity index (χ0) is 17.3. The Labute approximate surface area is 142 Å². The van der Waals surface area contributed by atoms with E-state index in [0.29, 0.717) is 6.54 Å². The van der Waals surface area contributed by atoms with Crippen LogP contribution in [0.1, 0.15) is 39.9 Å². The van der Waals surface area contributed by atoms with Crippen molar-refractivity contribution in [2.45, 2.75) is 32.4 Å². The molecule has 0 bridgehead atoms. The van der Waals surface area contributed by atoms with Gasteiger partial charge in [0.05, 0.1) is 6.04 Å². The van der Waals surface area contributed by atoms with Crippen LogP contribution in [-0.4, -0.2) is 38.0 Å². The molecule has 2 aromatic heterocycles. The van der Waals surface area contributed by atoms with Gasteiger partial charge in [-0.25, -0.2) is 4.98 Å². The van der Waals surface area contributed by atoms with E-state index in [4.69, 9.17) is 5.11 Å². The summed E-state index contributed by atoms with van der Waals surface area (Å²) in [6, 6.07) is 2.85. The number of nitrogens with zero attached hydrogens (tertiary/aromatic N) is 3. The second-order valence-corrected chi connectivity index (χ2v) is 6.62. The molecule has 3 rings (SSSR count). The van der Waals surface area contributed by atoms with E-state index >= 15 is 0 Å². The first-order valence-corrected chi connectivity index (χ1v) is 8.49. The summed E-state index contributed by atoms with van der Waals surface area (Å²) in [4.78, 5) is 42.2. The summed E-state index contributed by atoms with van der Waals surface area (Å²) in [5.74, 6) is -1.49. The molecule has 1 amide bonds. The first kappa shape index (κ1) is 16.4. The van der Waals surface area contributed by atoms with Crippen molar-refractivity contribution in [1.82, 2.24) is 14.5 Å². The zero-order valence-electron chi connectivity index (χ0n) is 13.1. The Morgan fingerprint density at radius 1 is 1.46 bits per heavy atom. The zero-order valence-corrected chi connectivity index (χ0v) is 14.0. The van der Waals surface area contributed by atoms with E-state index in [9.17, 15) is 14.4 Å². The maximum Gasteiger partial charge on any atom is 0.323 e. The molecule has 1 N–H and O–H groups in total. The molecular weight excluding hydrogens is 330 g/mol. The van der Waals surface area contributed by atoms with Crippen LogP contribution in [0.15, 0.2) is 28.5 Å². The van der Waals surface area contributed by atoms with Crippen LogP contribution in [0.3, 0.4) is 0 Å². The number of thiazole rings is 1. The first-order chi connectivity index (χ1) is 11.5. The smallest absolute Gasteiger partial charge is 0.323 e. The molecule has 3 heterocycles. The van der Waals surface area contributed by atoms with Gasteiger partial charge in [0, 0.05) is 23.8 Å². The predicted molar refractivity (Wildman–Crippen MR) is 88.2 cm³/mol. The number of aliphatic carboxylic acids is 1. The van der Waals surface area contributed by atoms with Crippen molar-refractivity contribution in [2.75, 3.05) is 6.54 Å². The summed E-state index contributed by atoms with van der Waals surface area (Å²) in [6.45, 7) is 2.01. The first-order valence-electron chi connectivity index (χ1n) is 7.61. The summed E-state index contributed by atoms with van der Waals surface area (Å²) in [6.07, 6.45) is 3.04. The van der Waals surface area contributed by atoms with Crippen LogP contribution < -0.4 is 5.56 Å². The fraction of sp³-hybridized carbons (Fsp3) is 0.375. The maximum atomic E-state index is 12.8. The summed E-state index contributed by atoms with van der Waals surface area (Å²) < 4.78 is 1.04. The summed E-state index contributed by atoms with van der Waals surface area (Å²) in [7, 11) is 0. The van der Waals surface area contributed by atoms with Gasteiger partial charge in [-0.05, 0) is 31.9 Å². The monoisotopic (exact) mass is 347 g/mol. The van der Waals surface area contributed by atoms with E-state index in [1.54, 1.807) is 4.90 Å². The Morgan fingerprint density at radius 2 is 2.25 bits per heavy atom. The van der Waals surface area contributed by atoms with E-state index in [1.807, 2.05) is 12.3 Å².